The van der Waals surface area contributed by atoms with Crippen molar-refractivity contribution in [3.63, 3.8) is 0 Å². The first-order valence-electron chi connectivity index (χ1n) is 10.5. The van der Waals surface area contributed by atoms with Crippen LogP contribution in [0.5, 0.6) is 0 Å². The third-order valence-corrected chi connectivity index (χ3v) is 5.68. The number of anilines is 1. The molecule has 4 rings (SSSR count). The van der Waals surface area contributed by atoms with Gasteiger partial charge in [-0.3, -0.25) is 4.79 Å². The predicted molar refractivity (Wildman–Crippen MR) is 126 cm³/mol. The molecule has 0 fully saturated rings. The molecule has 0 saturated heterocycles. The predicted octanol–water partition coefficient (Wildman–Crippen LogP) is 6.04. The maximum atomic E-state index is 12.6. The second-order valence-corrected chi connectivity index (χ2v) is 8.00. The Balaban J connectivity index is 1.72. The fraction of sp³-hybridized carbons (Fsp3) is 0.240. The van der Waals surface area contributed by atoms with Crippen molar-refractivity contribution >= 4 is 34.4 Å². The van der Waals surface area contributed by atoms with Crippen molar-refractivity contribution in [2.75, 3.05) is 5.32 Å². The highest BCUT2D eigenvalue weighted by molar-refractivity contribution is 6.31. The summed E-state index contributed by atoms with van der Waals surface area (Å²) in [6, 6.07) is 18.9. The van der Waals surface area contributed by atoms with Crippen molar-refractivity contribution in [2.45, 2.75) is 39.7 Å². The number of rotatable bonds is 7. The number of aryl methyl sites for hydroxylation is 2. The Kier molecular flexibility index (Phi) is 6.33. The van der Waals surface area contributed by atoms with Gasteiger partial charge in [0, 0.05) is 17.0 Å². The number of pyridine rings is 1. The highest BCUT2D eigenvalue weighted by Crippen LogP contribution is 2.25. The number of nitrogens with zero attached hydrogens (tertiary/aromatic N) is 3. The molecule has 0 aliphatic rings. The van der Waals surface area contributed by atoms with Crippen molar-refractivity contribution in [3.8, 4) is 0 Å². The summed E-state index contributed by atoms with van der Waals surface area (Å²) in [7, 11) is 0. The third kappa shape index (κ3) is 4.62. The lowest BCUT2D eigenvalue weighted by atomic mass is 10.2. The number of fused-ring (bicyclic) bond motifs is 1. The standard InChI is InChI=1S/C25H25ClN4O/c1-3-4-14-23-28-22-15-21(29-25(31)18-10-6-5-7-11-18)17(2)27-24(22)30(23)16-19-12-8-9-13-20(19)26/h5-13,15H,3-4,14,16H2,1-2H3,(H,29,31). The van der Waals surface area contributed by atoms with E-state index in [1.165, 1.54) is 0 Å². The topological polar surface area (TPSA) is 59.8 Å². The van der Waals surface area contributed by atoms with E-state index in [2.05, 4.69) is 16.8 Å². The lowest BCUT2D eigenvalue weighted by Crippen LogP contribution is -2.13. The molecule has 6 heteroatoms. The van der Waals surface area contributed by atoms with Gasteiger partial charge < -0.3 is 9.88 Å². The number of nitrogens with one attached hydrogen (secondary N) is 1. The molecule has 158 valence electrons. The van der Waals surface area contributed by atoms with E-state index in [1.54, 1.807) is 12.1 Å². The van der Waals surface area contributed by atoms with Gasteiger partial charge in [-0.2, -0.15) is 0 Å². The second-order valence-electron chi connectivity index (χ2n) is 7.59. The molecular formula is C25H25ClN4O. The Bertz CT molecular complexity index is 1220. The third-order valence-electron chi connectivity index (χ3n) is 5.31. The van der Waals surface area contributed by atoms with Gasteiger partial charge in [0.1, 0.15) is 11.3 Å². The summed E-state index contributed by atoms with van der Waals surface area (Å²) in [5.74, 6) is 0.821. The van der Waals surface area contributed by atoms with Crippen LogP contribution >= 0.6 is 11.6 Å². The van der Waals surface area contributed by atoms with Gasteiger partial charge in [0.15, 0.2) is 5.65 Å². The summed E-state index contributed by atoms with van der Waals surface area (Å²) in [5, 5.41) is 3.71. The summed E-state index contributed by atoms with van der Waals surface area (Å²) in [6.07, 6.45) is 2.99. The van der Waals surface area contributed by atoms with Crippen molar-refractivity contribution in [3.05, 3.63) is 88.3 Å². The Hall–Kier alpha value is -3.18. The molecule has 2 aromatic carbocycles. The van der Waals surface area contributed by atoms with E-state index in [0.29, 0.717) is 17.8 Å². The molecule has 1 N–H and O–H groups in total. The summed E-state index contributed by atoms with van der Waals surface area (Å²) in [5.41, 5.74) is 4.63. The first-order valence-corrected chi connectivity index (χ1v) is 10.9. The van der Waals surface area contributed by atoms with E-state index < -0.39 is 0 Å². The number of halogens is 1. The normalized spacial score (nSPS) is 11.1. The number of carbonyl (C=O) groups excluding carboxylic acids is 1. The fourth-order valence-corrected chi connectivity index (χ4v) is 3.78. The first kappa shape index (κ1) is 21.1. The average molecular weight is 433 g/mol. The van der Waals surface area contributed by atoms with Gasteiger partial charge in [-0.25, -0.2) is 9.97 Å². The SMILES string of the molecule is CCCCc1nc2cc(NC(=O)c3ccccc3)c(C)nc2n1Cc1ccccc1Cl. The number of aromatic nitrogens is 3. The molecule has 0 aliphatic carbocycles. The molecule has 0 radical (unpaired) electrons. The van der Waals surface area contributed by atoms with E-state index in [4.69, 9.17) is 21.6 Å². The Labute approximate surface area is 187 Å². The van der Waals surface area contributed by atoms with Gasteiger partial charge in [0.05, 0.1) is 17.9 Å². The van der Waals surface area contributed by atoms with E-state index in [-0.39, 0.29) is 5.91 Å². The van der Waals surface area contributed by atoms with Gasteiger partial charge in [-0.1, -0.05) is 61.3 Å². The first-order chi connectivity index (χ1) is 15.1. The number of benzene rings is 2. The van der Waals surface area contributed by atoms with E-state index in [9.17, 15) is 4.79 Å². The minimum absolute atomic E-state index is 0.161. The van der Waals surface area contributed by atoms with Crippen molar-refractivity contribution in [2.24, 2.45) is 0 Å². The molecule has 0 spiro atoms. The van der Waals surface area contributed by atoms with Gasteiger partial charge in [0.25, 0.3) is 5.91 Å². The van der Waals surface area contributed by atoms with Crippen LogP contribution in [0.15, 0.2) is 60.7 Å². The zero-order valence-corrected chi connectivity index (χ0v) is 18.5. The Morgan fingerprint density at radius 1 is 1.06 bits per heavy atom. The van der Waals surface area contributed by atoms with Crippen LogP contribution in [0.1, 0.15) is 47.2 Å². The molecule has 2 heterocycles. The summed E-state index contributed by atoms with van der Waals surface area (Å²) in [4.78, 5) is 22.3. The molecule has 1 amide bonds. The highest BCUT2D eigenvalue weighted by atomic mass is 35.5. The highest BCUT2D eigenvalue weighted by Gasteiger charge is 2.17. The number of carbonyl (C=O) groups is 1. The van der Waals surface area contributed by atoms with E-state index in [0.717, 1.165) is 52.5 Å². The molecule has 2 aromatic heterocycles. The lowest BCUT2D eigenvalue weighted by Gasteiger charge is -2.11. The van der Waals surface area contributed by atoms with Crippen LogP contribution in [-0.4, -0.2) is 20.4 Å². The van der Waals surface area contributed by atoms with Crippen LogP contribution in [0.4, 0.5) is 5.69 Å². The molecular weight excluding hydrogens is 408 g/mol. The minimum atomic E-state index is -0.161. The number of amides is 1. The van der Waals surface area contributed by atoms with Crippen LogP contribution in [0, 0.1) is 6.92 Å². The zero-order valence-electron chi connectivity index (χ0n) is 17.7. The molecule has 4 aromatic rings. The molecule has 0 bridgehead atoms. The van der Waals surface area contributed by atoms with E-state index >= 15 is 0 Å². The van der Waals surface area contributed by atoms with E-state index in [1.807, 2.05) is 55.5 Å². The average Bonchev–Trinajstić information content (AvgIpc) is 3.10. The number of hydrogen-bond donors (Lipinski definition) is 1. The maximum absolute atomic E-state index is 12.6. The van der Waals surface area contributed by atoms with Gasteiger partial charge in [-0.15, -0.1) is 0 Å². The summed E-state index contributed by atoms with van der Waals surface area (Å²) < 4.78 is 2.14. The lowest BCUT2D eigenvalue weighted by molar-refractivity contribution is 0.102. The number of unbranched alkanes of at least 4 members (excludes halogenated alkanes) is 1. The second kappa shape index (κ2) is 9.31. The minimum Gasteiger partial charge on any atom is -0.320 e. The zero-order chi connectivity index (χ0) is 21.8. The monoisotopic (exact) mass is 432 g/mol. The molecule has 5 nitrogen and oxygen atoms in total. The van der Waals surface area contributed by atoms with Crippen LogP contribution in [0.25, 0.3) is 11.2 Å². The van der Waals surface area contributed by atoms with Gasteiger partial charge >= 0.3 is 0 Å². The van der Waals surface area contributed by atoms with Crippen LogP contribution in [0.3, 0.4) is 0 Å². The molecule has 31 heavy (non-hydrogen) atoms. The van der Waals surface area contributed by atoms with Crippen LogP contribution in [-0.2, 0) is 13.0 Å². The van der Waals surface area contributed by atoms with Crippen LogP contribution in [0.2, 0.25) is 5.02 Å². The van der Waals surface area contributed by atoms with Gasteiger partial charge in [0.2, 0.25) is 0 Å². The molecule has 0 aliphatic heterocycles. The fourth-order valence-electron chi connectivity index (χ4n) is 3.58. The van der Waals surface area contributed by atoms with Gasteiger partial charge in [-0.05, 0) is 43.2 Å². The van der Waals surface area contributed by atoms with Crippen molar-refractivity contribution in [1.82, 2.24) is 14.5 Å². The molecule has 0 unspecified atom stereocenters. The van der Waals surface area contributed by atoms with Crippen molar-refractivity contribution in [1.29, 1.82) is 0 Å². The summed E-state index contributed by atoms with van der Waals surface area (Å²) >= 11 is 6.42. The number of hydrogen-bond acceptors (Lipinski definition) is 3. The summed E-state index contributed by atoms with van der Waals surface area (Å²) in [6.45, 7) is 4.68. The number of imidazole rings is 1. The maximum Gasteiger partial charge on any atom is 0.255 e. The quantitative estimate of drug-likeness (QED) is 0.387. The smallest absolute Gasteiger partial charge is 0.255 e. The Morgan fingerprint density at radius 3 is 2.55 bits per heavy atom. The van der Waals surface area contributed by atoms with Crippen LogP contribution < -0.4 is 5.32 Å². The van der Waals surface area contributed by atoms with Crippen molar-refractivity contribution < 1.29 is 4.79 Å². The Morgan fingerprint density at radius 2 is 1.81 bits per heavy atom. The molecule has 0 atom stereocenters. The largest absolute Gasteiger partial charge is 0.320 e. The molecule has 0 saturated carbocycles.